The van der Waals surface area contributed by atoms with Gasteiger partial charge in [0, 0.05) is 33.0 Å². The van der Waals surface area contributed by atoms with Gasteiger partial charge in [0.15, 0.2) is 0 Å². The van der Waals surface area contributed by atoms with Crippen molar-refractivity contribution in [3.05, 3.63) is 185 Å². The zero-order chi connectivity index (χ0) is 33.1. The summed E-state index contributed by atoms with van der Waals surface area (Å²) in [4.78, 5) is 5.39. The maximum atomic E-state index is 5.39. The summed E-state index contributed by atoms with van der Waals surface area (Å²) in [5.74, 6) is 0. The first-order valence-electron chi connectivity index (χ1n) is 17.5. The molecule has 11 rings (SSSR count). The van der Waals surface area contributed by atoms with E-state index in [2.05, 4.69) is 175 Å². The standard InChI is InChI=1S/C47H33N3/c1-47(2)38-27-31(22-24-33(38)43-35-18-10-14-28-15-11-19-36(42(28)35)44(43)47)30-23-25-41-37(26-30)32-16-7-9-21-40(32)50(41)46-48-39-20-8-6-17-34(39)45(49-46)29-12-4-3-5-13-29/h3-27,46,48H,1-2H3. The van der Waals surface area contributed by atoms with Crippen LogP contribution in [0.5, 0.6) is 0 Å². The fraction of sp³-hybridized carbons (Fsp3) is 0.0851. The molecule has 0 saturated heterocycles. The van der Waals surface area contributed by atoms with Crippen molar-refractivity contribution in [2.45, 2.75) is 25.6 Å². The van der Waals surface area contributed by atoms with Gasteiger partial charge in [-0.3, -0.25) is 0 Å². The fourth-order valence-corrected chi connectivity index (χ4v) is 9.12. The van der Waals surface area contributed by atoms with Crippen molar-refractivity contribution in [2.75, 3.05) is 5.32 Å². The summed E-state index contributed by atoms with van der Waals surface area (Å²) in [7, 11) is 0. The van der Waals surface area contributed by atoms with Crippen LogP contribution in [0.3, 0.4) is 0 Å². The van der Waals surface area contributed by atoms with Crippen LogP contribution < -0.4 is 5.32 Å². The topological polar surface area (TPSA) is 29.3 Å². The van der Waals surface area contributed by atoms with Gasteiger partial charge in [-0.1, -0.05) is 135 Å². The van der Waals surface area contributed by atoms with E-state index < -0.39 is 0 Å². The van der Waals surface area contributed by atoms with E-state index in [-0.39, 0.29) is 11.7 Å². The van der Waals surface area contributed by atoms with Crippen molar-refractivity contribution in [3.8, 4) is 11.1 Å². The number of nitrogens with one attached hydrogen (secondary N) is 1. The molecule has 1 unspecified atom stereocenters. The minimum absolute atomic E-state index is 0.106. The third-order valence-corrected chi connectivity index (χ3v) is 11.3. The Morgan fingerprint density at radius 3 is 2.14 bits per heavy atom. The smallest absolute Gasteiger partial charge is 0.201 e. The summed E-state index contributed by atoms with van der Waals surface area (Å²) >= 11 is 0. The van der Waals surface area contributed by atoms with Gasteiger partial charge in [0.25, 0.3) is 0 Å². The Morgan fingerprint density at radius 2 is 1.26 bits per heavy atom. The lowest BCUT2D eigenvalue weighted by Gasteiger charge is -2.28. The number of rotatable bonds is 3. The Balaban J connectivity index is 1.05. The van der Waals surface area contributed by atoms with Crippen LogP contribution in [0, 0.1) is 0 Å². The maximum Gasteiger partial charge on any atom is 0.201 e. The number of fused-ring (bicyclic) bond motifs is 8. The molecule has 3 nitrogen and oxygen atoms in total. The average molecular weight is 640 g/mol. The van der Waals surface area contributed by atoms with Gasteiger partial charge in [-0.25, -0.2) is 4.99 Å². The molecular formula is C47H33N3. The molecule has 0 spiro atoms. The maximum absolute atomic E-state index is 5.39. The molecule has 0 saturated carbocycles. The molecule has 0 radical (unpaired) electrons. The first-order chi connectivity index (χ1) is 24.6. The Kier molecular flexibility index (Phi) is 5.51. The minimum atomic E-state index is -0.296. The molecular weight excluding hydrogens is 607 g/mol. The number of aliphatic imine (C=N–C) groups is 1. The lowest BCUT2D eigenvalue weighted by atomic mass is 9.77. The first kappa shape index (κ1) is 27.7. The summed E-state index contributed by atoms with van der Waals surface area (Å²) in [5.41, 5.74) is 17.5. The van der Waals surface area contributed by atoms with Gasteiger partial charge in [-0.05, 0) is 85.6 Å². The van der Waals surface area contributed by atoms with Gasteiger partial charge < -0.3 is 9.88 Å². The molecule has 50 heavy (non-hydrogen) atoms. The van der Waals surface area contributed by atoms with Crippen LogP contribution in [0.25, 0.3) is 54.9 Å². The van der Waals surface area contributed by atoms with E-state index in [0.717, 1.165) is 33.6 Å². The lowest BCUT2D eigenvalue weighted by molar-refractivity contribution is 0.624. The molecule has 1 aromatic heterocycles. The largest absolute Gasteiger partial charge is 0.346 e. The molecule has 236 valence electrons. The highest BCUT2D eigenvalue weighted by Gasteiger charge is 2.43. The number of nitrogens with zero attached hydrogens (tertiary/aromatic N) is 2. The summed E-state index contributed by atoms with van der Waals surface area (Å²) in [6, 6.07) is 55.4. The van der Waals surface area contributed by atoms with Crippen LogP contribution in [-0.4, -0.2) is 10.3 Å². The van der Waals surface area contributed by atoms with E-state index in [1.54, 1.807) is 0 Å². The highest BCUT2D eigenvalue weighted by Crippen LogP contribution is 2.59. The SMILES string of the molecule is CC1(C)C2=C(c3ccc(-c4ccc5c(c4)c4ccccc4n5C4N=C(c5ccccc5)c5ccccc5N4)cc31)c1cccc3cccc2c13. The number of hydrogen-bond acceptors (Lipinski definition) is 2. The Labute approximate surface area is 290 Å². The summed E-state index contributed by atoms with van der Waals surface area (Å²) in [6.07, 6.45) is -0.296. The van der Waals surface area contributed by atoms with Gasteiger partial charge in [0.05, 0.1) is 16.7 Å². The number of hydrogen-bond donors (Lipinski definition) is 1. The molecule has 3 heteroatoms. The van der Waals surface area contributed by atoms with E-state index in [1.165, 1.54) is 66.1 Å². The zero-order valence-electron chi connectivity index (χ0n) is 27.9. The Morgan fingerprint density at radius 1 is 0.560 bits per heavy atom. The van der Waals surface area contributed by atoms with E-state index in [0.29, 0.717) is 0 Å². The van der Waals surface area contributed by atoms with Crippen LogP contribution in [0.4, 0.5) is 5.69 Å². The zero-order valence-corrected chi connectivity index (χ0v) is 27.9. The first-order valence-corrected chi connectivity index (χ1v) is 17.5. The number of allylic oxidation sites excluding steroid dienone is 1. The minimum Gasteiger partial charge on any atom is -0.346 e. The van der Waals surface area contributed by atoms with Crippen molar-refractivity contribution >= 4 is 55.1 Å². The second-order valence-corrected chi connectivity index (χ2v) is 14.4. The van der Waals surface area contributed by atoms with E-state index in [4.69, 9.17) is 4.99 Å². The van der Waals surface area contributed by atoms with Crippen LogP contribution in [0.2, 0.25) is 0 Å². The second kappa shape index (κ2) is 9.93. The molecule has 0 fully saturated rings. The Bertz CT molecular complexity index is 2810. The molecule has 1 N–H and O–H groups in total. The van der Waals surface area contributed by atoms with Crippen molar-refractivity contribution in [3.63, 3.8) is 0 Å². The quantitative estimate of drug-likeness (QED) is 0.205. The lowest BCUT2D eigenvalue weighted by Crippen LogP contribution is -2.24. The third kappa shape index (κ3) is 3.67. The summed E-state index contributed by atoms with van der Waals surface area (Å²) in [6.45, 7) is 4.80. The predicted molar refractivity (Wildman–Crippen MR) is 209 cm³/mol. The van der Waals surface area contributed by atoms with Crippen molar-refractivity contribution in [1.29, 1.82) is 0 Å². The second-order valence-electron chi connectivity index (χ2n) is 14.4. The van der Waals surface area contributed by atoms with E-state index in [9.17, 15) is 0 Å². The molecule has 1 atom stereocenters. The van der Waals surface area contributed by atoms with Gasteiger partial charge in [0.1, 0.15) is 0 Å². The molecule has 0 amide bonds. The van der Waals surface area contributed by atoms with Crippen molar-refractivity contribution < 1.29 is 0 Å². The van der Waals surface area contributed by atoms with E-state index in [1.807, 2.05) is 0 Å². The average Bonchev–Trinajstić information content (AvgIpc) is 3.76. The van der Waals surface area contributed by atoms with Gasteiger partial charge in [-0.2, -0.15) is 0 Å². The fourth-order valence-electron chi connectivity index (χ4n) is 9.12. The summed E-state index contributed by atoms with van der Waals surface area (Å²) in [5, 5.41) is 8.96. The molecule has 1 aliphatic heterocycles. The third-order valence-electron chi connectivity index (χ3n) is 11.3. The number of aromatic nitrogens is 1. The van der Waals surface area contributed by atoms with Crippen LogP contribution >= 0.6 is 0 Å². The highest BCUT2D eigenvalue weighted by molar-refractivity contribution is 6.22. The monoisotopic (exact) mass is 639 g/mol. The molecule has 2 aliphatic carbocycles. The number of benzene rings is 7. The summed E-state index contributed by atoms with van der Waals surface area (Å²) < 4.78 is 2.37. The van der Waals surface area contributed by atoms with Crippen LogP contribution in [0.1, 0.15) is 53.5 Å². The molecule has 8 aromatic rings. The molecule has 2 heterocycles. The number of anilines is 1. The predicted octanol–water partition coefficient (Wildman–Crippen LogP) is 11.6. The molecule has 3 aliphatic rings. The van der Waals surface area contributed by atoms with Crippen molar-refractivity contribution in [1.82, 2.24) is 4.57 Å². The van der Waals surface area contributed by atoms with Crippen LogP contribution in [0.15, 0.2) is 157 Å². The normalized spacial score (nSPS) is 16.8. The van der Waals surface area contributed by atoms with Crippen LogP contribution in [-0.2, 0) is 5.41 Å². The molecule has 0 bridgehead atoms. The number of para-hydroxylation sites is 2. The highest BCUT2D eigenvalue weighted by atomic mass is 15.3. The van der Waals surface area contributed by atoms with E-state index >= 15 is 0 Å². The van der Waals surface area contributed by atoms with Gasteiger partial charge >= 0.3 is 0 Å². The van der Waals surface area contributed by atoms with Gasteiger partial charge in [0.2, 0.25) is 6.29 Å². The molecule has 7 aromatic carbocycles. The van der Waals surface area contributed by atoms with Crippen molar-refractivity contribution in [2.24, 2.45) is 4.99 Å². The van der Waals surface area contributed by atoms with Gasteiger partial charge in [-0.15, -0.1) is 0 Å². The Hall–Kier alpha value is -6.19.